The number of thioether (sulfide) groups is 1. The molecule has 2 rings (SSSR count). The van der Waals surface area contributed by atoms with Crippen molar-refractivity contribution in [1.29, 1.82) is 0 Å². The molecule has 1 unspecified atom stereocenters. The molecule has 0 bridgehead atoms. The zero-order chi connectivity index (χ0) is 9.10. The zero-order valence-electron chi connectivity index (χ0n) is 7.49. The van der Waals surface area contributed by atoms with Crippen LogP contribution in [0.5, 0.6) is 0 Å². The predicted octanol–water partition coefficient (Wildman–Crippen LogP) is 0.203. The second-order valence-corrected chi connectivity index (χ2v) is 4.28. The van der Waals surface area contributed by atoms with Gasteiger partial charge in [-0.3, -0.25) is 14.9 Å². The van der Waals surface area contributed by atoms with E-state index in [0.717, 1.165) is 31.0 Å². The number of rotatable bonds is 1. The molecule has 0 aliphatic carbocycles. The molecule has 0 aromatic heterocycles. The van der Waals surface area contributed by atoms with E-state index >= 15 is 0 Å². The van der Waals surface area contributed by atoms with E-state index in [1.807, 2.05) is 0 Å². The fourth-order valence-electron chi connectivity index (χ4n) is 1.50. The van der Waals surface area contributed by atoms with Crippen LogP contribution < -0.4 is 5.32 Å². The molecule has 2 fully saturated rings. The first-order valence-electron chi connectivity index (χ1n) is 4.63. The van der Waals surface area contributed by atoms with Gasteiger partial charge in [0.05, 0.1) is 12.6 Å². The summed E-state index contributed by atoms with van der Waals surface area (Å²) in [7, 11) is 0. The Hall–Kier alpha value is -0.260. The molecule has 1 amide bonds. The fraction of sp³-hybridized carbons (Fsp3) is 0.875. The summed E-state index contributed by atoms with van der Waals surface area (Å²) in [5.41, 5.74) is 0. The monoisotopic (exact) mass is 202 g/mol. The highest BCUT2D eigenvalue weighted by Crippen LogP contribution is 2.14. The summed E-state index contributed by atoms with van der Waals surface area (Å²) in [5, 5.41) is 4.67. The standard InChI is InChI=1S/C8H14N2O2S/c11-8(7-5-13-6-9-7)10-3-1-2-4-12-10/h7,9H,1-6H2. The van der Waals surface area contributed by atoms with Gasteiger partial charge in [-0.1, -0.05) is 0 Å². The van der Waals surface area contributed by atoms with Crippen molar-refractivity contribution in [2.75, 3.05) is 24.8 Å². The van der Waals surface area contributed by atoms with E-state index in [1.165, 1.54) is 5.06 Å². The molecule has 0 aromatic rings. The highest BCUT2D eigenvalue weighted by atomic mass is 32.2. The van der Waals surface area contributed by atoms with Crippen LogP contribution in [-0.4, -0.2) is 41.8 Å². The third kappa shape index (κ3) is 2.15. The smallest absolute Gasteiger partial charge is 0.264 e. The second-order valence-electron chi connectivity index (χ2n) is 3.25. The van der Waals surface area contributed by atoms with Gasteiger partial charge in [0, 0.05) is 18.2 Å². The first kappa shape index (κ1) is 9.30. The summed E-state index contributed by atoms with van der Waals surface area (Å²) in [6.07, 6.45) is 2.13. The summed E-state index contributed by atoms with van der Waals surface area (Å²) < 4.78 is 0. The number of hydrogen-bond acceptors (Lipinski definition) is 4. The van der Waals surface area contributed by atoms with E-state index in [-0.39, 0.29) is 11.9 Å². The second kappa shape index (κ2) is 4.30. The molecular formula is C8H14N2O2S. The summed E-state index contributed by atoms with van der Waals surface area (Å²) in [5.74, 6) is 1.85. The molecule has 2 aliphatic rings. The van der Waals surface area contributed by atoms with Crippen molar-refractivity contribution in [3.8, 4) is 0 Å². The number of hydroxylamine groups is 2. The maximum Gasteiger partial charge on any atom is 0.264 e. The Bertz CT molecular complexity index is 189. The average Bonchev–Trinajstić information content (AvgIpc) is 2.71. The normalized spacial score (nSPS) is 29.2. The van der Waals surface area contributed by atoms with Crippen LogP contribution in [0.15, 0.2) is 0 Å². The number of hydrogen-bond donors (Lipinski definition) is 1. The van der Waals surface area contributed by atoms with Crippen LogP contribution >= 0.6 is 11.8 Å². The summed E-state index contributed by atoms with van der Waals surface area (Å²) in [6.45, 7) is 1.44. The van der Waals surface area contributed by atoms with Crippen LogP contribution in [0.4, 0.5) is 0 Å². The first-order valence-corrected chi connectivity index (χ1v) is 5.79. The Kier molecular flexibility index (Phi) is 3.08. The minimum atomic E-state index is -0.0249. The lowest BCUT2D eigenvalue weighted by Gasteiger charge is -2.27. The highest BCUT2D eigenvalue weighted by Gasteiger charge is 2.28. The van der Waals surface area contributed by atoms with Crippen molar-refractivity contribution >= 4 is 17.7 Å². The molecule has 1 N–H and O–H groups in total. The van der Waals surface area contributed by atoms with E-state index in [9.17, 15) is 4.79 Å². The lowest BCUT2D eigenvalue weighted by Crippen LogP contribution is -2.46. The van der Waals surface area contributed by atoms with Crippen LogP contribution in [0.2, 0.25) is 0 Å². The van der Waals surface area contributed by atoms with E-state index in [4.69, 9.17) is 4.84 Å². The molecule has 2 aliphatic heterocycles. The number of carbonyl (C=O) groups is 1. The molecule has 74 valence electrons. The van der Waals surface area contributed by atoms with Crippen LogP contribution in [0.25, 0.3) is 0 Å². The van der Waals surface area contributed by atoms with Gasteiger partial charge in [-0.05, 0) is 12.8 Å². The Balaban J connectivity index is 1.87. The SMILES string of the molecule is O=C(C1CSCN1)N1CCCCO1. The third-order valence-corrected chi connectivity index (χ3v) is 3.20. The number of nitrogens with zero attached hydrogens (tertiary/aromatic N) is 1. The Labute approximate surface area is 81.9 Å². The molecule has 4 nitrogen and oxygen atoms in total. The molecule has 0 saturated carbocycles. The summed E-state index contributed by atoms with van der Waals surface area (Å²) in [4.78, 5) is 17.0. The minimum Gasteiger partial charge on any atom is -0.296 e. The van der Waals surface area contributed by atoms with Crippen molar-refractivity contribution in [3.05, 3.63) is 0 Å². The van der Waals surface area contributed by atoms with Gasteiger partial charge >= 0.3 is 0 Å². The molecular weight excluding hydrogens is 188 g/mol. The van der Waals surface area contributed by atoms with Crippen LogP contribution in [0.1, 0.15) is 12.8 Å². The van der Waals surface area contributed by atoms with Gasteiger partial charge < -0.3 is 0 Å². The molecule has 0 radical (unpaired) electrons. The summed E-state index contributed by atoms with van der Waals surface area (Å²) >= 11 is 1.76. The topological polar surface area (TPSA) is 41.6 Å². The number of carbonyl (C=O) groups excluding carboxylic acids is 1. The van der Waals surface area contributed by atoms with E-state index in [0.29, 0.717) is 6.61 Å². The Morgan fingerprint density at radius 2 is 2.46 bits per heavy atom. The van der Waals surface area contributed by atoms with Crippen LogP contribution in [-0.2, 0) is 9.63 Å². The molecule has 2 heterocycles. The molecule has 2 saturated heterocycles. The van der Waals surface area contributed by atoms with Crippen molar-refractivity contribution in [2.24, 2.45) is 0 Å². The van der Waals surface area contributed by atoms with Crippen LogP contribution in [0.3, 0.4) is 0 Å². The minimum absolute atomic E-state index is 0.0249. The van der Waals surface area contributed by atoms with Gasteiger partial charge in [-0.15, -0.1) is 11.8 Å². The van der Waals surface area contributed by atoms with Crippen LogP contribution in [0, 0.1) is 0 Å². The van der Waals surface area contributed by atoms with E-state index in [1.54, 1.807) is 11.8 Å². The van der Waals surface area contributed by atoms with Crippen molar-refractivity contribution in [2.45, 2.75) is 18.9 Å². The summed E-state index contributed by atoms with van der Waals surface area (Å²) in [6, 6.07) is -0.0249. The van der Waals surface area contributed by atoms with Crippen molar-refractivity contribution in [3.63, 3.8) is 0 Å². The van der Waals surface area contributed by atoms with Gasteiger partial charge in [0.2, 0.25) is 0 Å². The maximum absolute atomic E-state index is 11.7. The van der Waals surface area contributed by atoms with Gasteiger partial charge in [0.25, 0.3) is 5.91 Å². The third-order valence-electron chi connectivity index (χ3n) is 2.26. The van der Waals surface area contributed by atoms with E-state index in [2.05, 4.69) is 5.32 Å². The molecule has 0 aromatic carbocycles. The average molecular weight is 202 g/mol. The quantitative estimate of drug-likeness (QED) is 0.659. The molecule has 5 heteroatoms. The number of nitrogens with one attached hydrogen (secondary N) is 1. The zero-order valence-corrected chi connectivity index (χ0v) is 8.31. The largest absolute Gasteiger partial charge is 0.296 e. The van der Waals surface area contributed by atoms with E-state index < -0.39 is 0 Å². The highest BCUT2D eigenvalue weighted by molar-refractivity contribution is 7.99. The Morgan fingerprint density at radius 3 is 3.08 bits per heavy atom. The fourth-order valence-corrected chi connectivity index (χ4v) is 2.43. The van der Waals surface area contributed by atoms with Crippen molar-refractivity contribution < 1.29 is 9.63 Å². The van der Waals surface area contributed by atoms with Gasteiger partial charge in [0.1, 0.15) is 0 Å². The first-order chi connectivity index (χ1) is 6.38. The molecule has 0 spiro atoms. The lowest BCUT2D eigenvalue weighted by atomic mass is 10.2. The van der Waals surface area contributed by atoms with Gasteiger partial charge in [-0.2, -0.15) is 0 Å². The van der Waals surface area contributed by atoms with Crippen molar-refractivity contribution in [1.82, 2.24) is 10.4 Å². The predicted molar refractivity (Wildman–Crippen MR) is 51.1 cm³/mol. The molecule has 1 atom stereocenters. The maximum atomic E-state index is 11.7. The molecule has 13 heavy (non-hydrogen) atoms. The number of amides is 1. The van der Waals surface area contributed by atoms with Gasteiger partial charge in [0.15, 0.2) is 0 Å². The van der Waals surface area contributed by atoms with Gasteiger partial charge in [-0.25, -0.2) is 5.06 Å². The lowest BCUT2D eigenvalue weighted by molar-refractivity contribution is -0.198. The Morgan fingerprint density at radius 1 is 1.54 bits per heavy atom.